The number of aromatic carboxylic acids is 1. The Balaban J connectivity index is 1.60. The molecule has 1 unspecified atom stereocenters. The molecule has 192 valence electrons. The number of hydrogen-bond donors (Lipinski definition) is 3. The average Bonchev–Trinajstić information content (AvgIpc) is 2.83. The Labute approximate surface area is 213 Å². The Kier molecular flexibility index (Phi) is 9.01. The van der Waals surface area contributed by atoms with E-state index in [9.17, 15) is 19.4 Å². The number of aliphatic hydroxyl groups is 1. The van der Waals surface area contributed by atoms with Gasteiger partial charge in [0.1, 0.15) is 5.82 Å². The Morgan fingerprint density at radius 2 is 1.81 bits per heavy atom. The first-order chi connectivity index (χ1) is 16.9. The number of halogens is 1. The molecule has 2 atom stereocenters. The summed E-state index contributed by atoms with van der Waals surface area (Å²) < 4.78 is 19.9. The van der Waals surface area contributed by atoms with Crippen LogP contribution in [0.2, 0.25) is 0 Å². The number of carboxylic acids is 1. The van der Waals surface area contributed by atoms with Gasteiger partial charge in [-0.3, -0.25) is 0 Å². The number of ether oxygens (including phenoxy) is 1. The highest BCUT2D eigenvalue weighted by atomic mass is 19.1. The zero-order valence-electron chi connectivity index (χ0n) is 21.6. The highest BCUT2D eigenvalue weighted by Crippen LogP contribution is 2.31. The SMILES string of the molecule is Cc1cc(C(=O)O)cc(-c2ccccc2C(C)OC[C@@H](O)CNC(C)(C)Cc2ccc(C)c(F)c2)c1. The van der Waals surface area contributed by atoms with Gasteiger partial charge in [0.05, 0.1) is 24.4 Å². The monoisotopic (exact) mass is 493 g/mol. The summed E-state index contributed by atoms with van der Waals surface area (Å²) in [5.74, 6) is -1.18. The second-order valence-electron chi connectivity index (χ2n) is 10.1. The maximum atomic E-state index is 13.9. The largest absolute Gasteiger partial charge is 0.478 e. The fourth-order valence-corrected chi connectivity index (χ4v) is 4.29. The topological polar surface area (TPSA) is 78.8 Å². The number of rotatable bonds is 11. The summed E-state index contributed by atoms with van der Waals surface area (Å²) in [6.07, 6.45) is -0.421. The summed E-state index contributed by atoms with van der Waals surface area (Å²) in [5.41, 5.74) is 4.92. The van der Waals surface area contributed by atoms with E-state index >= 15 is 0 Å². The first-order valence-corrected chi connectivity index (χ1v) is 12.2. The molecule has 0 aliphatic rings. The first-order valence-electron chi connectivity index (χ1n) is 12.2. The Bertz CT molecular complexity index is 1210. The lowest BCUT2D eigenvalue weighted by molar-refractivity contribution is -0.00397. The number of carbonyl (C=O) groups is 1. The number of aryl methyl sites for hydroxylation is 2. The van der Waals surface area contributed by atoms with Gasteiger partial charge < -0.3 is 20.3 Å². The predicted octanol–water partition coefficient (Wildman–Crippen LogP) is 5.86. The Hall–Kier alpha value is -3.06. The molecule has 0 bridgehead atoms. The van der Waals surface area contributed by atoms with E-state index in [1.807, 2.05) is 64.1 Å². The summed E-state index contributed by atoms with van der Waals surface area (Å²) in [5, 5.41) is 23.4. The first kappa shape index (κ1) is 27.5. The lowest BCUT2D eigenvalue weighted by atomic mass is 9.94. The van der Waals surface area contributed by atoms with Gasteiger partial charge in [-0.05, 0) is 92.6 Å². The summed E-state index contributed by atoms with van der Waals surface area (Å²) in [4.78, 5) is 11.5. The molecule has 0 heterocycles. The molecule has 0 radical (unpaired) electrons. The zero-order valence-corrected chi connectivity index (χ0v) is 21.6. The summed E-state index contributed by atoms with van der Waals surface area (Å²) in [6.45, 7) is 10.0. The van der Waals surface area contributed by atoms with Crippen LogP contribution in [-0.2, 0) is 11.2 Å². The third-order valence-corrected chi connectivity index (χ3v) is 6.27. The maximum absolute atomic E-state index is 13.9. The van der Waals surface area contributed by atoms with E-state index < -0.39 is 12.1 Å². The zero-order chi connectivity index (χ0) is 26.5. The van der Waals surface area contributed by atoms with Gasteiger partial charge in [0, 0.05) is 12.1 Å². The molecule has 3 aromatic carbocycles. The lowest BCUT2D eigenvalue weighted by Gasteiger charge is -2.28. The van der Waals surface area contributed by atoms with E-state index in [2.05, 4.69) is 5.32 Å². The number of hydrogen-bond acceptors (Lipinski definition) is 4. The van der Waals surface area contributed by atoms with Crippen molar-refractivity contribution in [2.45, 2.75) is 58.8 Å². The predicted molar refractivity (Wildman–Crippen MR) is 141 cm³/mol. The minimum absolute atomic E-state index is 0.131. The molecule has 0 fully saturated rings. The average molecular weight is 494 g/mol. The van der Waals surface area contributed by atoms with Gasteiger partial charge in [0.2, 0.25) is 0 Å². The highest BCUT2D eigenvalue weighted by Gasteiger charge is 2.21. The minimum atomic E-state index is -0.965. The van der Waals surface area contributed by atoms with Crippen LogP contribution in [0.3, 0.4) is 0 Å². The molecule has 0 spiro atoms. The van der Waals surface area contributed by atoms with Crippen LogP contribution in [0.15, 0.2) is 60.7 Å². The van der Waals surface area contributed by atoms with Crippen molar-refractivity contribution in [2.24, 2.45) is 0 Å². The van der Waals surface area contributed by atoms with Crippen LogP contribution in [0.1, 0.15) is 59.5 Å². The molecule has 0 amide bonds. The number of benzene rings is 3. The molecular formula is C30H36FNO4. The van der Waals surface area contributed by atoms with E-state index in [0.29, 0.717) is 18.5 Å². The Morgan fingerprint density at radius 3 is 2.50 bits per heavy atom. The molecule has 0 aliphatic carbocycles. The highest BCUT2D eigenvalue weighted by molar-refractivity contribution is 5.90. The van der Waals surface area contributed by atoms with Crippen molar-refractivity contribution < 1.29 is 24.1 Å². The van der Waals surface area contributed by atoms with Crippen LogP contribution in [-0.4, -0.2) is 41.0 Å². The molecule has 0 saturated carbocycles. The third kappa shape index (κ3) is 7.47. The van der Waals surface area contributed by atoms with E-state index in [0.717, 1.165) is 27.8 Å². The van der Waals surface area contributed by atoms with E-state index in [-0.39, 0.29) is 29.6 Å². The number of carboxylic acid groups (broad SMARTS) is 1. The molecule has 0 aliphatic heterocycles. The van der Waals surface area contributed by atoms with Gasteiger partial charge >= 0.3 is 5.97 Å². The normalized spacial score (nSPS) is 13.4. The van der Waals surface area contributed by atoms with Crippen molar-refractivity contribution in [3.63, 3.8) is 0 Å². The van der Waals surface area contributed by atoms with Crippen molar-refractivity contribution in [3.8, 4) is 11.1 Å². The van der Waals surface area contributed by atoms with E-state index in [4.69, 9.17) is 4.74 Å². The van der Waals surface area contributed by atoms with Gasteiger partial charge in [-0.2, -0.15) is 0 Å². The third-order valence-electron chi connectivity index (χ3n) is 6.27. The van der Waals surface area contributed by atoms with E-state index in [1.54, 1.807) is 31.2 Å². The van der Waals surface area contributed by atoms with Crippen LogP contribution in [0.4, 0.5) is 4.39 Å². The standard InChI is InChI=1S/C30H36FNO4/c1-19-12-23(15-24(13-19)29(34)35)27-9-7-6-8-26(27)21(3)36-18-25(33)17-32-30(4,5)16-22-11-10-20(2)28(31)14-22/h6-15,21,25,32-33H,16-18H2,1-5H3,(H,34,35)/t21?,25-/m0/s1. The molecule has 0 saturated heterocycles. The van der Waals surface area contributed by atoms with Crippen molar-refractivity contribution in [1.29, 1.82) is 0 Å². The molecule has 36 heavy (non-hydrogen) atoms. The fraction of sp³-hybridized carbons (Fsp3) is 0.367. The number of aliphatic hydroxyl groups excluding tert-OH is 1. The van der Waals surface area contributed by atoms with Crippen molar-refractivity contribution >= 4 is 5.97 Å². The summed E-state index contributed by atoms with van der Waals surface area (Å²) in [6, 6.07) is 18.3. The molecule has 3 N–H and O–H groups in total. The van der Waals surface area contributed by atoms with Crippen LogP contribution >= 0.6 is 0 Å². The van der Waals surface area contributed by atoms with Crippen molar-refractivity contribution in [3.05, 3.63) is 94.3 Å². The van der Waals surface area contributed by atoms with Gasteiger partial charge in [-0.15, -0.1) is 0 Å². The van der Waals surface area contributed by atoms with Crippen molar-refractivity contribution in [2.75, 3.05) is 13.2 Å². The van der Waals surface area contributed by atoms with Crippen molar-refractivity contribution in [1.82, 2.24) is 5.32 Å². The maximum Gasteiger partial charge on any atom is 0.335 e. The van der Waals surface area contributed by atoms with Crippen LogP contribution in [0.5, 0.6) is 0 Å². The molecule has 3 aromatic rings. The van der Waals surface area contributed by atoms with Gasteiger partial charge in [0.15, 0.2) is 0 Å². The van der Waals surface area contributed by atoms with Crippen LogP contribution < -0.4 is 5.32 Å². The molecular weight excluding hydrogens is 457 g/mol. The quantitative estimate of drug-likeness (QED) is 0.312. The van der Waals surface area contributed by atoms with Gasteiger partial charge in [-0.25, -0.2) is 9.18 Å². The van der Waals surface area contributed by atoms with E-state index in [1.165, 1.54) is 0 Å². The van der Waals surface area contributed by atoms with Crippen LogP contribution in [0, 0.1) is 19.7 Å². The lowest BCUT2D eigenvalue weighted by Crippen LogP contribution is -2.46. The molecule has 6 heteroatoms. The fourth-order valence-electron chi connectivity index (χ4n) is 4.29. The molecule has 0 aromatic heterocycles. The second-order valence-corrected chi connectivity index (χ2v) is 10.1. The number of nitrogens with one attached hydrogen (secondary N) is 1. The van der Waals surface area contributed by atoms with Crippen LogP contribution in [0.25, 0.3) is 11.1 Å². The summed E-state index contributed by atoms with van der Waals surface area (Å²) >= 11 is 0. The minimum Gasteiger partial charge on any atom is -0.478 e. The molecule has 3 rings (SSSR count). The van der Waals surface area contributed by atoms with Gasteiger partial charge in [-0.1, -0.05) is 42.5 Å². The smallest absolute Gasteiger partial charge is 0.335 e. The number of β-amino-alcohol motifs (C(OH)–C–C–N with tert-alkyl or cyclic N) is 1. The second kappa shape index (κ2) is 11.8. The van der Waals surface area contributed by atoms with Gasteiger partial charge in [0.25, 0.3) is 0 Å². The summed E-state index contributed by atoms with van der Waals surface area (Å²) in [7, 11) is 0. The molecule has 5 nitrogen and oxygen atoms in total. The Morgan fingerprint density at radius 1 is 1.08 bits per heavy atom.